The van der Waals surface area contributed by atoms with Gasteiger partial charge in [-0.25, -0.2) is 0 Å². The van der Waals surface area contributed by atoms with Gasteiger partial charge in [0.2, 0.25) is 5.91 Å². The monoisotopic (exact) mass is 436 g/mol. The summed E-state index contributed by atoms with van der Waals surface area (Å²) in [5.41, 5.74) is 3.75. The predicted octanol–water partition coefficient (Wildman–Crippen LogP) is 2.71. The van der Waals surface area contributed by atoms with E-state index in [9.17, 15) is 4.79 Å². The highest BCUT2D eigenvalue weighted by molar-refractivity contribution is 5.90. The van der Waals surface area contributed by atoms with E-state index in [2.05, 4.69) is 70.2 Å². The van der Waals surface area contributed by atoms with Crippen molar-refractivity contribution in [3.8, 4) is 11.8 Å². The third-order valence-corrected chi connectivity index (χ3v) is 6.50. The van der Waals surface area contributed by atoms with Gasteiger partial charge in [0, 0.05) is 49.3 Å². The molecule has 1 aromatic heterocycles. The lowest BCUT2D eigenvalue weighted by Crippen LogP contribution is -2.48. The molecule has 0 saturated carbocycles. The van der Waals surface area contributed by atoms with E-state index < -0.39 is 0 Å². The van der Waals surface area contributed by atoms with Gasteiger partial charge in [0.25, 0.3) is 0 Å². The number of amides is 1. The molecular weight excluding hydrogens is 400 g/mol. The SMILES string of the molecule is CC#CCn1cc2c3c(cccc31)[C@H](CC(C)C)N[C@H](C(=O)NCCN1CCOCC1)C2. The summed E-state index contributed by atoms with van der Waals surface area (Å²) in [6.07, 6.45) is 3.89. The molecule has 1 saturated heterocycles. The Hall–Kier alpha value is -2.33. The molecule has 1 amide bonds. The summed E-state index contributed by atoms with van der Waals surface area (Å²) in [7, 11) is 0. The molecule has 2 aromatic rings. The number of hydrogen-bond acceptors (Lipinski definition) is 4. The van der Waals surface area contributed by atoms with Gasteiger partial charge in [-0.1, -0.05) is 31.9 Å². The first-order valence-corrected chi connectivity index (χ1v) is 11.9. The molecular formula is C26H36N4O2. The summed E-state index contributed by atoms with van der Waals surface area (Å²) >= 11 is 0. The van der Waals surface area contributed by atoms with E-state index >= 15 is 0 Å². The average molecular weight is 437 g/mol. The Balaban J connectivity index is 1.55. The Morgan fingerprint density at radius 3 is 2.88 bits per heavy atom. The van der Waals surface area contributed by atoms with Gasteiger partial charge < -0.3 is 14.6 Å². The van der Waals surface area contributed by atoms with Crippen LogP contribution in [0.3, 0.4) is 0 Å². The molecule has 0 bridgehead atoms. The minimum Gasteiger partial charge on any atom is -0.379 e. The van der Waals surface area contributed by atoms with E-state index in [1.54, 1.807) is 0 Å². The zero-order valence-electron chi connectivity index (χ0n) is 19.6. The average Bonchev–Trinajstić information content (AvgIpc) is 3.06. The molecule has 3 heterocycles. The highest BCUT2D eigenvalue weighted by Gasteiger charge is 2.30. The number of morpholine rings is 1. The maximum atomic E-state index is 13.2. The van der Waals surface area contributed by atoms with Crippen LogP contribution in [0, 0.1) is 17.8 Å². The van der Waals surface area contributed by atoms with Crippen LogP contribution in [0.2, 0.25) is 0 Å². The van der Waals surface area contributed by atoms with Crippen molar-refractivity contribution in [3.63, 3.8) is 0 Å². The molecule has 6 heteroatoms. The number of carbonyl (C=O) groups is 1. The van der Waals surface area contributed by atoms with Crippen LogP contribution in [0.25, 0.3) is 10.9 Å². The molecule has 1 aromatic carbocycles. The quantitative estimate of drug-likeness (QED) is 0.656. The van der Waals surface area contributed by atoms with Crippen LogP contribution in [0.15, 0.2) is 24.4 Å². The fourth-order valence-corrected chi connectivity index (χ4v) is 4.94. The first-order chi connectivity index (χ1) is 15.6. The topological polar surface area (TPSA) is 58.5 Å². The highest BCUT2D eigenvalue weighted by atomic mass is 16.5. The summed E-state index contributed by atoms with van der Waals surface area (Å²) in [5, 5.41) is 8.19. The summed E-state index contributed by atoms with van der Waals surface area (Å²) in [5.74, 6) is 6.82. The minimum atomic E-state index is -0.243. The fourth-order valence-electron chi connectivity index (χ4n) is 4.94. The van der Waals surface area contributed by atoms with Crippen LogP contribution in [-0.2, 0) is 22.5 Å². The maximum Gasteiger partial charge on any atom is 0.237 e. The number of benzene rings is 1. The summed E-state index contributed by atoms with van der Waals surface area (Å²) in [6, 6.07) is 6.44. The van der Waals surface area contributed by atoms with Crippen molar-refractivity contribution in [2.24, 2.45) is 5.92 Å². The largest absolute Gasteiger partial charge is 0.379 e. The zero-order valence-corrected chi connectivity index (χ0v) is 19.6. The smallest absolute Gasteiger partial charge is 0.237 e. The van der Waals surface area contributed by atoms with E-state index in [0.717, 1.165) is 39.3 Å². The zero-order chi connectivity index (χ0) is 22.5. The maximum absolute atomic E-state index is 13.2. The summed E-state index contributed by atoms with van der Waals surface area (Å²) in [4.78, 5) is 15.6. The van der Waals surface area contributed by atoms with Gasteiger partial charge in [-0.15, -0.1) is 5.92 Å². The normalized spacial score (nSPS) is 21.2. The van der Waals surface area contributed by atoms with Crippen molar-refractivity contribution in [1.29, 1.82) is 0 Å². The van der Waals surface area contributed by atoms with Crippen LogP contribution in [0.4, 0.5) is 0 Å². The van der Waals surface area contributed by atoms with Crippen molar-refractivity contribution in [2.75, 3.05) is 39.4 Å². The van der Waals surface area contributed by atoms with Crippen LogP contribution in [-0.4, -0.2) is 60.8 Å². The van der Waals surface area contributed by atoms with E-state index in [1.165, 1.54) is 22.0 Å². The lowest BCUT2D eigenvalue weighted by molar-refractivity contribution is -0.123. The molecule has 0 radical (unpaired) electrons. The van der Waals surface area contributed by atoms with E-state index in [1.807, 2.05) is 6.92 Å². The Kier molecular flexibility index (Phi) is 7.51. The van der Waals surface area contributed by atoms with Gasteiger partial charge in [-0.05, 0) is 42.9 Å². The fraction of sp³-hybridized carbons (Fsp3) is 0.577. The van der Waals surface area contributed by atoms with Crippen molar-refractivity contribution >= 4 is 16.8 Å². The van der Waals surface area contributed by atoms with Crippen LogP contribution >= 0.6 is 0 Å². The molecule has 172 valence electrons. The second-order valence-electron chi connectivity index (χ2n) is 9.30. The molecule has 0 unspecified atom stereocenters. The van der Waals surface area contributed by atoms with Gasteiger partial charge in [0.15, 0.2) is 0 Å². The van der Waals surface area contributed by atoms with Gasteiger partial charge in [0.05, 0.1) is 25.8 Å². The molecule has 1 fully saturated rings. The van der Waals surface area contributed by atoms with Crippen LogP contribution in [0.5, 0.6) is 0 Å². The number of nitrogens with zero attached hydrogens (tertiary/aromatic N) is 2. The molecule has 32 heavy (non-hydrogen) atoms. The standard InChI is InChI=1S/C26H36N4O2/c1-4-5-10-30-18-20-17-23(26(31)27-9-11-29-12-14-32-15-13-29)28-22(16-19(2)3)21-7-6-8-24(30)25(20)21/h6-8,18-19,22-23,28H,9-17H2,1-3H3,(H,27,31)/t22-,23-/m0/s1. The Morgan fingerprint density at radius 1 is 1.31 bits per heavy atom. The van der Waals surface area contributed by atoms with Gasteiger partial charge in [-0.3, -0.25) is 15.0 Å². The van der Waals surface area contributed by atoms with Gasteiger partial charge in [0.1, 0.15) is 0 Å². The summed E-state index contributed by atoms with van der Waals surface area (Å²) < 4.78 is 7.65. The van der Waals surface area contributed by atoms with Crippen molar-refractivity contribution < 1.29 is 9.53 Å². The molecule has 2 atom stereocenters. The van der Waals surface area contributed by atoms with E-state index in [4.69, 9.17) is 4.74 Å². The Bertz CT molecular complexity index is 994. The lowest BCUT2D eigenvalue weighted by Gasteiger charge is -2.28. The number of aromatic nitrogens is 1. The molecule has 2 aliphatic heterocycles. The minimum absolute atomic E-state index is 0.0917. The second kappa shape index (κ2) is 10.5. The van der Waals surface area contributed by atoms with E-state index in [-0.39, 0.29) is 18.0 Å². The Morgan fingerprint density at radius 2 is 2.12 bits per heavy atom. The van der Waals surface area contributed by atoms with Gasteiger partial charge in [-0.2, -0.15) is 0 Å². The predicted molar refractivity (Wildman–Crippen MR) is 128 cm³/mol. The third-order valence-electron chi connectivity index (χ3n) is 6.50. The molecule has 4 rings (SSSR count). The van der Waals surface area contributed by atoms with Crippen molar-refractivity contribution in [3.05, 3.63) is 35.5 Å². The number of carbonyl (C=O) groups excluding carboxylic acids is 1. The van der Waals surface area contributed by atoms with Crippen LogP contribution in [0.1, 0.15) is 44.4 Å². The summed E-state index contributed by atoms with van der Waals surface area (Å²) in [6.45, 7) is 12.0. The number of ether oxygens (including phenoxy) is 1. The molecule has 2 aliphatic rings. The number of rotatable bonds is 7. The lowest BCUT2D eigenvalue weighted by atomic mass is 9.94. The third kappa shape index (κ3) is 5.17. The first-order valence-electron chi connectivity index (χ1n) is 11.9. The first kappa shape index (κ1) is 22.8. The number of nitrogens with one attached hydrogen (secondary N) is 2. The molecule has 0 spiro atoms. The second-order valence-corrected chi connectivity index (χ2v) is 9.30. The van der Waals surface area contributed by atoms with Gasteiger partial charge >= 0.3 is 0 Å². The Labute approximate surface area is 191 Å². The van der Waals surface area contributed by atoms with Crippen molar-refractivity contribution in [1.82, 2.24) is 20.1 Å². The van der Waals surface area contributed by atoms with Crippen LogP contribution < -0.4 is 10.6 Å². The highest BCUT2D eigenvalue weighted by Crippen LogP contribution is 2.35. The molecule has 6 nitrogen and oxygen atoms in total. The van der Waals surface area contributed by atoms with Crippen molar-refractivity contribution in [2.45, 2.75) is 52.2 Å². The number of hydrogen-bond donors (Lipinski definition) is 2. The molecule has 2 N–H and O–H groups in total. The molecule has 0 aliphatic carbocycles. The van der Waals surface area contributed by atoms with E-state index in [0.29, 0.717) is 25.4 Å².